The number of hydrogen-bond donors (Lipinski definition) is 2. The Morgan fingerprint density at radius 2 is 0.737 bits per heavy atom. The zero-order chi connectivity index (χ0) is 17.5. The number of aliphatic hydroxyl groups excluding tert-OH is 2. The quantitative estimate of drug-likeness (QED) is 0.765. The van der Waals surface area contributed by atoms with E-state index in [0.29, 0.717) is 0 Å². The van der Waals surface area contributed by atoms with Gasteiger partial charge in [0.2, 0.25) is 0 Å². The fraction of sp³-hybridized carbons (Fsp3) is 0.375. The summed E-state index contributed by atoms with van der Waals surface area (Å²) in [5.74, 6) is 0. The van der Waals surface area contributed by atoms with Crippen LogP contribution < -0.4 is 0 Å². The zero-order valence-electron chi connectivity index (χ0n) is 13.2. The Hall–Kier alpha value is -1.42. The molecule has 0 aromatic heterocycles. The number of aliphatic hydroxyl groups is 2. The Morgan fingerprint density at radius 1 is 0.579 bits per heavy atom. The lowest BCUT2D eigenvalue weighted by molar-refractivity contribution is 0.162. The van der Waals surface area contributed by atoms with Crippen LogP contribution in [0.15, 0.2) is 65.8 Å². The fourth-order valence-electron chi connectivity index (χ4n) is 0.204. The summed E-state index contributed by atoms with van der Waals surface area (Å²) in [6.07, 6.45) is 0. The van der Waals surface area contributed by atoms with E-state index in [1.54, 1.807) is 0 Å². The highest BCUT2D eigenvalue weighted by atomic mass is 16.5. The van der Waals surface area contributed by atoms with Gasteiger partial charge in [-0.3, -0.25) is 0 Å². The van der Waals surface area contributed by atoms with Crippen molar-refractivity contribution >= 4 is 0 Å². The van der Waals surface area contributed by atoms with Gasteiger partial charge in [0.1, 0.15) is 0 Å². The lowest BCUT2D eigenvalue weighted by Crippen LogP contribution is -1.85. The van der Waals surface area contributed by atoms with Gasteiger partial charge in [0.05, 0.1) is 13.2 Å². The van der Waals surface area contributed by atoms with E-state index >= 15 is 0 Å². The van der Waals surface area contributed by atoms with Gasteiger partial charge in [-0.1, -0.05) is 0 Å². The van der Waals surface area contributed by atoms with Gasteiger partial charge in [0.15, 0.2) is 0 Å². The molecule has 0 amide bonds. The molecule has 0 fully saturated rings. The topological polar surface area (TPSA) is 49.7 Å². The Kier molecular flexibility index (Phi) is 714. The van der Waals surface area contributed by atoms with Gasteiger partial charge < -0.3 is 14.9 Å². The molecule has 0 saturated heterocycles. The van der Waals surface area contributed by atoms with Crippen LogP contribution >= 0.6 is 0 Å². The van der Waals surface area contributed by atoms with Crippen molar-refractivity contribution in [2.24, 2.45) is 0 Å². The molecule has 0 aromatic carbocycles. The van der Waals surface area contributed by atoms with Crippen molar-refractivity contribution in [3.8, 4) is 0 Å². The molecule has 0 atom stereocenters. The molecular formula is C16H36O3. The highest BCUT2D eigenvalue weighted by molar-refractivity contribution is 4.23. The fourth-order valence-corrected chi connectivity index (χ4v) is 0.204. The van der Waals surface area contributed by atoms with E-state index < -0.39 is 0 Å². The number of rotatable bonds is 3. The first-order valence-corrected chi connectivity index (χ1v) is 5.62. The summed E-state index contributed by atoms with van der Waals surface area (Å²) >= 11 is 0. The van der Waals surface area contributed by atoms with E-state index in [9.17, 15) is 0 Å². The van der Waals surface area contributed by atoms with E-state index in [-0.39, 0.29) is 13.2 Å². The predicted octanol–water partition coefficient (Wildman–Crippen LogP) is 4.02. The van der Waals surface area contributed by atoms with E-state index in [1.165, 1.54) is 0 Å². The molecule has 19 heavy (non-hydrogen) atoms. The third-order valence-corrected chi connectivity index (χ3v) is 0.508. The van der Waals surface area contributed by atoms with Crippen LogP contribution in [0.2, 0.25) is 0 Å². The molecule has 0 aromatic rings. The summed E-state index contributed by atoms with van der Waals surface area (Å²) in [6.45, 7) is 35.4. The number of hydrogen-bond acceptors (Lipinski definition) is 3. The van der Waals surface area contributed by atoms with Crippen LogP contribution in [0.1, 0.15) is 13.8 Å². The largest absolute Gasteiger partial charge is 0.394 e. The maximum atomic E-state index is 7.62. The van der Waals surface area contributed by atoms with Crippen LogP contribution in [0.3, 0.4) is 0 Å². The summed E-state index contributed by atoms with van der Waals surface area (Å²) in [5.41, 5.74) is 0. The van der Waals surface area contributed by atoms with Crippen LogP contribution in [0, 0.1) is 0 Å². The van der Waals surface area contributed by atoms with E-state index in [4.69, 9.17) is 14.9 Å². The van der Waals surface area contributed by atoms with Gasteiger partial charge in [-0.05, 0) is 13.8 Å². The lowest BCUT2D eigenvalue weighted by Gasteiger charge is -1.86. The maximum absolute atomic E-state index is 7.62. The molecule has 118 valence electrons. The first-order chi connectivity index (χ1) is 9.33. The number of ether oxygens (including phenoxy) is 1. The Labute approximate surface area is 122 Å². The van der Waals surface area contributed by atoms with Crippen LogP contribution in [0.4, 0.5) is 0 Å². The van der Waals surface area contributed by atoms with Crippen molar-refractivity contribution in [2.75, 3.05) is 26.4 Å². The normalized spacial score (nSPS) is 4.84. The molecule has 0 aliphatic carbocycles. The Balaban J connectivity index is -0.0000000187. The smallest absolute Gasteiger partial charge is 0.0662 e. The Bertz CT molecular complexity index is 62.8. The molecule has 2 N–H and O–H groups in total. The molecule has 3 heteroatoms. The molecule has 0 unspecified atom stereocenters. The molecule has 0 spiro atoms. The zero-order valence-corrected chi connectivity index (χ0v) is 13.2. The average molecular weight is 276 g/mol. The van der Waals surface area contributed by atoms with E-state index in [2.05, 4.69) is 65.8 Å². The van der Waals surface area contributed by atoms with Crippen LogP contribution in [0.5, 0.6) is 0 Å². The van der Waals surface area contributed by atoms with Gasteiger partial charge in [0.25, 0.3) is 0 Å². The van der Waals surface area contributed by atoms with E-state index in [0.717, 1.165) is 13.2 Å². The second kappa shape index (κ2) is 314. The van der Waals surface area contributed by atoms with Crippen molar-refractivity contribution in [1.29, 1.82) is 0 Å². The lowest BCUT2D eigenvalue weighted by atomic mass is 10.8. The van der Waals surface area contributed by atoms with Gasteiger partial charge in [-0.25, -0.2) is 0 Å². The van der Waals surface area contributed by atoms with Gasteiger partial charge in [-0.15, -0.1) is 65.8 Å². The minimum Gasteiger partial charge on any atom is -0.394 e. The summed E-state index contributed by atoms with van der Waals surface area (Å²) in [7, 11) is 0. The molecule has 0 heterocycles. The Morgan fingerprint density at radius 3 is 0.737 bits per heavy atom. The molecular weight excluding hydrogens is 240 g/mol. The maximum Gasteiger partial charge on any atom is 0.0662 e. The SMILES string of the molecule is C=C.C=C.C=C.C=C.C=C.CCOCC.OCCO. The monoisotopic (exact) mass is 276 g/mol. The minimum absolute atomic E-state index is 0.125. The van der Waals surface area contributed by atoms with Crippen molar-refractivity contribution in [1.82, 2.24) is 0 Å². The van der Waals surface area contributed by atoms with Gasteiger partial charge in [-0.2, -0.15) is 0 Å². The van der Waals surface area contributed by atoms with Gasteiger partial charge >= 0.3 is 0 Å². The van der Waals surface area contributed by atoms with Crippen molar-refractivity contribution < 1.29 is 14.9 Å². The molecule has 0 saturated carbocycles. The third kappa shape index (κ3) is 1410. The molecule has 0 rings (SSSR count). The highest BCUT2D eigenvalue weighted by Crippen LogP contribution is 1.64. The summed E-state index contributed by atoms with van der Waals surface area (Å²) in [4.78, 5) is 0. The van der Waals surface area contributed by atoms with Crippen LogP contribution in [-0.2, 0) is 4.74 Å². The first kappa shape index (κ1) is 43.2. The molecule has 0 radical (unpaired) electrons. The molecule has 0 aliphatic heterocycles. The van der Waals surface area contributed by atoms with Crippen LogP contribution in [0.25, 0.3) is 0 Å². The molecule has 0 bridgehead atoms. The second-order valence-electron chi connectivity index (χ2n) is 1.23. The van der Waals surface area contributed by atoms with Crippen molar-refractivity contribution in [3.63, 3.8) is 0 Å². The summed E-state index contributed by atoms with van der Waals surface area (Å²) in [6, 6.07) is 0. The van der Waals surface area contributed by atoms with Crippen molar-refractivity contribution in [2.45, 2.75) is 13.8 Å². The average Bonchev–Trinajstić information content (AvgIpc) is 2.58. The highest BCUT2D eigenvalue weighted by Gasteiger charge is 1.64. The molecule has 3 nitrogen and oxygen atoms in total. The third-order valence-electron chi connectivity index (χ3n) is 0.508. The second-order valence-corrected chi connectivity index (χ2v) is 1.23. The van der Waals surface area contributed by atoms with E-state index in [1.807, 2.05) is 13.8 Å². The standard InChI is InChI=1S/C4H10O.C2H6O2.5C2H4/c1-3-5-4-2;3-1-2-4;5*1-2/h3-4H2,1-2H3;3-4H,1-2H2;5*1-2H2. The van der Waals surface area contributed by atoms with Gasteiger partial charge in [0, 0.05) is 13.2 Å². The first-order valence-electron chi connectivity index (χ1n) is 5.62. The predicted molar refractivity (Wildman–Crippen MR) is 92.6 cm³/mol. The minimum atomic E-state index is -0.125. The van der Waals surface area contributed by atoms with Crippen molar-refractivity contribution in [3.05, 3.63) is 65.8 Å². The van der Waals surface area contributed by atoms with Crippen LogP contribution in [-0.4, -0.2) is 36.6 Å². The molecule has 0 aliphatic rings. The summed E-state index contributed by atoms with van der Waals surface area (Å²) < 4.78 is 4.83. The summed E-state index contributed by atoms with van der Waals surface area (Å²) in [5, 5.41) is 15.2.